The molecule has 0 radical (unpaired) electrons. The second-order valence-electron chi connectivity index (χ2n) is 8.00. The summed E-state index contributed by atoms with van der Waals surface area (Å²) in [4.78, 5) is 4.25. The fourth-order valence-corrected chi connectivity index (χ4v) is 5.66. The Balaban J connectivity index is 1.37. The van der Waals surface area contributed by atoms with E-state index in [1.165, 1.54) is 48.1 Å². The lowest BCUT2D eigenvalue weighted by molar-refractivity contribution is 0.0220. The highest BCUT2D eigenvalue weighted by atomic mass is 32.1. The normalized spacial score (nSPS) is 25.2. The zero-order chi connectivity index (χ0) is 18.8. The average Bonchev–Trinajstić information content (AvgIpc) is 3.13. The molecule has 5 heteroatoms. The molecule has 2 aromatic rings. The molecule has 2 aliphatic rings. The number of fused-ring (bicyclic) bond motifs is 2. The molecule has 1 aromatic carbocycles. The number of benzene rings is 1. The van der Waals surface area contributed by atoms with Gasteiger partial charge in [-0.1, -0.05) is 24.6 Å². The fourth-order valence-electron chi connectivity index (χ4n) is 4.67. The molecule has 0 aliphatic carbocycles. The summed E-state index contributed by atoms with van der Waals surface area (Å²) in [6.07, 6.45) is 6.38. The first kappa shape index (κ1) is 18.9. The quantitative estimate of drug-likeness (QED) is 0.688. The molecule has 2 saturated heterocycles. The van der Waals surface area contributed by atoms with E-state index in [2.05, 4.69) is 65.1 Å². The Hall–Kier alpha value is -1.43. The first-order valence-corrected chi connectivity index (χ1v) is 11.3. The van der Waals surface area contributed by atoms with E-state index in [1.807, 2.05) is 11.3 Å². The van der Waals surface area contributed by atoms with Gasteiger partial charge in [0.25, 0.3) is 0 Å². The zero-order valence-electron chi connectivity index (χ0n) is 16.2. The van der Waals surface area contributed by atoms with Gasteiger partial charge in [0.15, 0.2) is 5.11 Å². The number of nitrogens with one attached hydrogen (secondary N) is 2. The van der Waals surface area contributed by atoms with Crippen LogP contribution in [0.1, 0.15) is 48.1 Å². The highest BCUT2D eigenvalue weighted by Gasteiger charge is 2.38. The minimum atomic E-state index is 0.477. The number of hydrogen-bond donors (Lipinski definition) is 2. The number of anilines is 1. The molecule has 27 heavy (non-hydrogen) atoms. The molecule has 2 N–H and O–H groups in total. The standard InChI is InChI=1S/C22H29N3S2/c1-15-6-3-10-21(16(15)2)24-22(26)23-17-12-18-7-4-8-19(13-17)25(18)14-20-9-5-11-27-20/h3,5-6,9-11,17-19H,4,7-8,12-14H2,1-2H3,(H2,23,24,26)/t18-,19-/m0/s1. The molecule has 1 aromatic heterocycles. The van der Waals surface area contributed by atoms with Crippen LogP contribution in [-0.2, 0) is 6.54 Å². The lowest BCUT2D eigenvalue weighted by Gasteiger charge is -2.49. The van der Waals surface area contributed by atoms with Crippen molar-refractivity contribution in [2.45, 2.75) is 70.6 Å². The highest BCUT2D eigenvalue weighted by molar-refractivity contribution is 7.80. The van der Waals surface area contributed by atoms with Crippen LogP contribution in [0.25, 0.3) is 0 Å². The van der Waals surface area contributed by atoms with E-state index in [0.717, 1.165) is 17.3 Å². The molecular formula is C22H29N3S2. The van der Waals surface area contributed by atoms with Gasteiger partial charge in [0, 0.05) is 35.2 Å². The van der Waals surface area contributed by atoms with Crippen LogP contribution in [0.5, 0.6) is 0 Å². The summed E-state index contributed by atoms with van der Waals surface area (Å²) < 4.78 is 0. The van der Waals surface area contributed by atoms with Crippen LogP contribution in [0, 0.1) is 13.8 Å². The predicted molar refractivity (Wildman–Crippen MR) is 120 cm³/mol. The minimum Gasteiger partial charge on any atom is -0.360 e. The highest BCUT2D eigenvalue weighted by Crippen LogP contribution is 2.35. The Bertz CT molecular complexity index is 773. The third-order valence-corrected chi connectivity index (χ3v) is 7.31. The van der Waals surface area contributed by atoms with Crippen molar-refractivity contribution in [1.29, 1.82) is 0 Å². The van der Waals surface area contributed by atoms with E-state index < -0.39 is 0 Å². The van der Waals surface area contributed by atoms with Crippen molar-refractivity contribution >= 4 is 34.4 Å². The number of thiophene rings is 1. The van der Waals surface area contributed by atoms with Crippen molar-refractivity contribution in [2.24, 2.45) is 0 Å². The first-order chi connectivity index (χ1) is 13.1. The van der Waals surface area contributed by atoms with E-state index in [0.29, 0.717) is 18.1 Å². The van der Waals surface area contributed by atoms with E-state index in [9.17, 15) is 0 Å². The molecule has 0 unspecified atom stereocenters. The van der Waals surface area contributed by atoms with Gasteiger partial charge in [0.05, 0.1) is 0 Å². The Morgan fingerprint density at radius 2 is 1.93 bits per heavy atom. The number of nitrogens with zero attached hydrogens (tertiary/aromatic N) is 1. The molecule has 0 spiro atoms. The second-order valence-corrected chi connectivity index (χ2v) is 9.45. The van der Waals surface area contributed by atoms with Gasteiger partial charge in [-0.05, 0) is 80.4 Å². The Morgan fingerprint density at radius 1 is 1.15 bits per heavy atom. The van der Waals surface area contributed by atoms with E-state index >= 15 is 0 Å². The van der Waals surface area contributed by atoms with E-state index in [-0.39, 0.29) is 0 Å². The number of aryl methyl sites for hydroxylation is 1. The van der Waals surface area contributed by atoms with Gasteiger partial charge in [-0.2, -0.15) is 0 Å². The lowest BCUT2D eigenvalue weighted by atomic mass is 9.81. The van der Waals surface area contributed by atoms with Crippen LogP contribution in [-0.4, -0.2) is 28.1 Å². The van der Waals surface area contributed by atoms with Crippen molar-refractivity contribution in [3.63, 3.8) is 0 Å². The summed E-state index contributed by atoms with van der Waals surface area (Å²) in [5.74, 6) is 0. The molecule has 2 fully saturated rings. The van der Waals surface area contributed by atoms with Gasteiger partial charge < -0.3 is 10.6 Å². The van der Waals surface area contributed by atoms with Crippen LogP contribution in [0.15, 0.2) is 35.7 Å². The summed E-state index contributed by atoms with van der Waals surface area (Å²) >= 11 is 7.52. The largest absolute Gasteiger partial charge is 0.360 e. The molecule has 0 saturated carbocycles. The maximum absolute atomic E-state index is 5.64. The SMILES string of the molecule is Cc1cccc(NC(=S)NC2C[C@@H]3CCC[C@@H](C2)N3Cc2cccs2)c1C. The molecular weight excluding hydrogens is 370 g/mol. The maximum Gasteiger partial charge on any atom is 0.171 e. The van der Waals surface area contributed by atoms with Crippen LogP contribution < -0.4 is 10.6 Å². The molecule has 3 heterocycles. The van der Waals surface area contributed by atoms with Crippen LogP contribution in [0.4, 0.5) is 5.69 Å². The van der Waals surface area contributed by atoms with E-state index in [1.54, 1.807) is 0 Å². The first-order valence-electron chi connectivity index (χ1n) is 10.0. The molecule has 144 valence electrons. The molecule has 2 bridgehead atoms. The third-order valence-electron chi connectivity index (χ3n) is 6.23. The Kier molecular flexibility index (Phi) is 5.81. The summed E-state index contributed by atoms with van der Waals surface area (Å²) in [6, 6.07) is 12.6. The molecule has 0 amide bonds. The molecule has 4 rings (SSSR count). The minimum absolute atomic E-state index is 0.477. The summed E-state index contributed by atoms with van der Waals surface area (Å²) in [5, 5.41) is 9.99. The molecule has 2 aliphatic heterocycles. The van der Waals surface area contributed by atoms with Crippen molar-refractivity contribution in [1.82, 2.24) is 10.2 Å². The number of rotatable bonds is 4. The Morgan fingerprint density at radius 3 is 2.63 bits per heavy atom. The molecule has 2 atom stereocenters. The number of piperidine rings is 2. The number of thiocarbonyl (C=S) groups is 1. The predicted octanol–water partition coefficient (Wildman–Crippen LogP) is 5.24. The zero-order valence-corrected chi connectivity index (χ0v) is 17.8. The topological polar surface area (TPSA) is 27.3 Å². The van der Waals surface area contributed by atoms with Crippen molar-refractivity contribution < 1.29 is 0 Å². The van der Waals surface area contributed by atoms with Crippen molar-refractivity contribution in [3.05, 3.63) is 51.7 Å². The van der Waals surface area contributed by atoms with Gasteiger partial charge in [0.2, 0.25) is 0 Å². The summed E-state index contributed by atoms with van der Waals surface area (Å²) in [5.41, 5.74) is 3.67. The lowest BCUT2D eigenvalue weighted by Crippen LogP contribution is -2.56. The van der Waals surface area contributed by atoms with Crippen LogP contribution in [0.2, 0.25) is 0 Å². The second kappa shape index (κ2) is 8.29. The maximum atomic E-state index is 5.64. The summed E-state index contributed by atoms with van der Waals surface area (Å²) in [6.45, 7) is 5.40. The third kappa shape index (κ3) is 4.36. The monoisotopic (exact) mass is 399 g/mol. The van der Waals surface area contributed by atoms with Gasteiger partial charge in [-0.25, -0.2) is 0 Å². The van der Waals surface area contributed by atoms with E-state index in [4.69, 9.17) is 12.2 Å². The smallest absolute Gasteiger partial charge is 0.171 e. The number of hydrogen-bond acceptors (Lipinski definition) is 3. The van der Waals surface area contributed by atoms with Crippen LogP contribution >= 0.6 is 23.6 Å². The van der Waals surface area contributed by atoms with Gasteiger partial charge >= 0.3 is 0 Å². The summed E-state index contributed by atoms with van der Waals surface area (Å²) in [7, 11) is 0. The molecule has 3 nitrogen and oxygen atoms in total. The Labute approximate surface area is 172 Å². The van der Waals surface area contributed by atoms with Gasteiger partial charge in [-0.3, -0.25) is 4.90 Å². The van der Waals surface area contributed by atoms with Gasteiger partial charge in [-0.15, -0.1) is 11.3 Å². The van der Waals surface area contributed by atoms with Gasteiger partial charge in [0.1, 0.15) is 0 Å². The fraction of sp³-hybridized carbons (Fsp3) is 0.500. The van der Waals surface area contributed by atoms with Crippen molar-refractivity contribution in [2.75, 3.05) is 5.32 Å². The van der Waals surface area contributed by atoms with Crippen molar-refractivity contribution in [3.8, 4) is 0 Å². The van der Waals surface area contributed by atoms with Crippen LogP contribution in [0.3, 0.4) is 0 Å². The average molecular weight is 400 g/mol.